The van der Waals surface area contributed by atoms with E-state index in [0.29, 0.717) is 24.5 Å². The van der Waals surface area contributed by atoms with E-state index in [1.165, 1.54) is 4.31 Å². The Balaban J connectivity index is 2.00. The van der Waals surface area contributed by atoms with Gasteiger partial charge in [-0.1, -0.05) is 30.3 Å². The molecule has 118 valence electrons. The van der Waals surface area contributed by atoms with Crippen molar-refractivity contribution in [1.29, 1.82) is 0 Å². The molecule has 2 aromatic rings. The van der Waals surface area contributed by atoms with Crippen LogP contribution < -0.4 is 0 Å². The number of hydrogen-bond donors (Lipinski definition) is 1. The van der Waals surface area contributed by atoms with Gasteiger partial charge in [-0.25, -0.2) is 8.42 Å². The number of thiol groups is 1. The first kappa shape index (κ1) is 15.8. The SMILES string of the molecule is COC[C@@H]1C[C@@H](S)CN1S(=O)(=O)c1ccc2ccccc2c1. The van der Waals surface area contributed by atoms with Crippen molar-refractivity contribution in [2.24, 2.45) is 0 Å². The molecule has 1 aliphatic rings. The quantitative estimate of drug-likeness (QED) is 0.872. The molecule has 0 saturated carbocycles. The topological polar surface area (TPSA) is 46.6 Å². The van der Waals surface area contributed by atoms with Crippen molar-refractivity contribution in [2.45, 2.75) is 22.6 Å². The van der Waals surface area contributed by atoms with E-state index in [0.717, 1.165) is 10.8 Å². The molecule has 22 heavy (non-hydrogen) atoms. The largest absolute Gasteiger partial charge is 0.383 e. The van der Waals surface area contributed by atoms with Crippen LogP contribution >= 0.6 is 12.6 Å². The Morgan fingerprint density at radius 3 is 2.68 bits per heavy atom. The minimum absolute atomic E-state index is 0.0513. The van der Waals surface area contributed by atoms with E-state index in [4.69, 9.17) is 4.74 Å². The molecule has 0 spiro atoms. The number of methoxy groups -OCH3 is 1. The standard InChI is InChI=1S/C16H19NO3S2/c1-20-11-14-9-15(21)10-17(14)22(18,19)16-7-6-12-4-2-3-5-13(12)8-16/h2-8,14-15,21H,9-11H2,1H3/t14-,15+/m0/s1. The molecule has 2 aromatic carbocycles. The molecule has 0 amide bonds. The highest BCUT2D eigenvalue weighted by Crippen LogP contribution is 2.30. The first-order chi connectivity index (χ1) is 10.5. The molecular weight excluding hydrogens is 318 g/mol. The third kappa shape index (κ3) is 2.88. The molecule has 0 N–H and O–H groups in total. The van der Waals surface area contributed by atoms with Gasteiger partial charge >= 0.3 is 0 Å². The molecule has 0 aliphatic carbocycles. The lowest BCUT2D eigenvalue weighted by Gasteiger charge is -2.23. The van der Waals surface area contributed by atoms with Crippen LogP contribution in [0.5, 0.6) is 0 Å². The molecule has 2 atom stereocenters. The second-order valence-corrected chi connectivity index (χ2v) is 8.20. The molecule has 6 heteroatoms. The Kier molecular flexibility index (Phi) is 4.45. The summed E-state index contributed by atoms with van der Waals surface area (Å²) in [6.45, 7) is 0.816. The number of benzene rings is 2. The fourth-order valence-corrected chi connectivity index (χ4v) is 5.20. The van der Waals surface area contributed by atoms with Gasteiger partial charge in [0, 0.05) is 24.9 Å². The van der Waals surface area contributed by atoms with Crippen LogP contribution in [-0.4, -0.2) is 44.3 Å². The third-order valence-electron chi connectivity index (χ3n) is 4.03. The zero-order chi connectivity index (χ0) is 15.7. The summed E-state index contributed by atoms with van der Waals surface area (Å²) < 4.78 is 32.6. The second-order valence-electron chi connectivity index (χ2n) is 5.58. The number of fused-ring (bicyclic) bond motifs is 1. The van der Waals surface area contributed by atoms with Crippen molar-refractivity contribution in [3.63, 3.8) is 0 Å². The molecule has 1 saturated heterocycles. The van der Waals surface area contributed by atoms with Crippen LogP contribution in [0.4, 0.5) is 0 Å². The van der Waals surface area contributed by atoms with E-state index in [9.17, 15) is 8.42 Å². The number of hydrogen-bond acceptors (Lipinski definition) is 4. The van der Waals surface area contributed by atoms with E-state index in [2.05, 4.69) is 12.6 Å². The molecular formula is C16H19NO3S2. The van der Waals surface area contributed by atoms with Crippen molar-refractivity contribution in [1.82, 2.24) is 4.31 Å². The van der Waals surface area contributed by atoms with E-state index in [1.807, 2.05) is 30.3 Å². The maximum Gasteiger partial charge on any atom is 0.243 e. The van der Waals surface area contributed by atoms with Crippen LogP contribution in [0.1, 0.15) is 6.42 Å². The van der Waals surface area contributed by atoms with Gasteiger partial charge in [0.2, 0.25) is 10.0 Å². The number of sulfonamides is 1. The molecule has 1 heterocycles. The normalized spacial score (nSPS) is 23.2. The Morgan fingerprint density at radius 1 is 1.23 bits per heavy atom. The highest BCUT2D eigenvalue weighted by atomic mass is 32.2. The van der Waals surface area contributed by atoms with Crippen LogP contribution in [0.2, 0.25) is 0 Å². The first-order valence-corrected chi connectivity index (χ1v) is 9.15. The summed E-state index contributed by atoms with van der Waals surface area (Å²) in [7, 11) is -1.94. The fraction of sp³-hybridized carbons (Fsp3) is 0.375. The van der Waals surface area contributed by atoms with Gasteiger partial charge in [-0.3, -0.25) is 0 Å². The second kappa shape index (κ2) is 6.20. The predicted octanol–water partition coefficient (Wildman–Crippen LogP) is 2.55. The lowest BCUT2D eigenvalue weighted by Crippen LogP contribution is -2.38. The maximum absolute atomic E-state index is 12.9. The monoisotopic (exact) mass is 337 g/mol. The Hall–Kier alpha value is -1.08. The van der Waals surface area contributed by atoms with E-state index in [-0.39, 0.29) is 11.3 Å². The van der Waals surface area contributed by atoms with Crippen LogP contribution in [0.3, 0.4) is 0 Å². The van der Waals surface area contributed by atoms with Gasteiger partial charge in [-0.05, 0) is 29.3 Å². The summed E-state index contributed by atoms with van der Waals surface area (Å²) in [5.74, 6) is 0. The molecule has 3 rings (SSSR count). The van der Waals surface area contributed by atoms with Crippen LogP contribution in [0.15, 0.2) is 47.4 Å². The lowest BCUT2D eigenvalue weighted by molar-refractivity contribution is 0.149. The fourth-order valence-electron chi connectivity index (χ4n) is 2.96. The van der Waals surface area contributed by atoms with E-state index < -0.39 is 10.0 Å². The Morgan fingerprint density at radius 2 is 1.95 bits per heavy atom. The van der Waals surface area contributed by atoms with Crippen molar-refractivity contribution < 1.29 is 13.2 Å². The third-order valence-corrected chi connectivity index (χ3v) is 6.32. The van der Waals surface area contributed by atoms with E-state index in [1.54, 1.807) is 19.2 Å². The number of nitrogens with zero attached hydrogens (tertiary/aromatic N) is 1. The smallest absolute Gasteiger partial charge is 0.243 e. The predicted molar refractivity (Wildman–Crippen MR) is 90.9 cm³/mol. The van der Waals surface area contributed by atoms with Crippen LogP contribution in [0, 0.1) is 0 Å². The molecule has 4 nitrogen and oxygen atoms in total. The van der Waals surface area contributed by atoms with Gasteiger partial charge in [0.15, 0.2) is 0 Å². The number of ether oxygens (including phenoxy) is 1. The highest BCUT2D eigenvalue weighted by Gasteiger charge is 2.39. The molecule has 0 bridgehead atoms. The molecule has 0 aromatic heterocycles. The zero-order valence-electron chi connectivity index (χ0n) is 12.3. The van der Waals surface area contributed by atoms with Gasteiger partial charge in [0.05, 0.1) is 11.5 Å². The van der Waals surface area contributed by atoms with Gasteiger partial charge in [-0.15, -0.1) is 0 Å². The summed E-state index contributed by atoms with van der Waals surface area (Å²) in [4.78, 5) is 0.328. The number of rotatable bonds is 4. The summed E-state index contributed by atoms with van der Waals surface area (Å²) >= 11 is 4.45. The molecule has 0 radical (unpaired) electrons. The Labute approximate surface area is 136 Å². The summed E-state index contributed by atoms with van der Waals surface area (Å²) in [5.41, 5.74) is 0. The van der Waals surface area contributed by atoms with Crippen molar-refractivity contribution in [3.05, 3.63) is 42.5 Å². The molecule has 1 fully saturated rings. The van der Waals surface area contributed by atoms with Gasteiger partial charge in [0.25, 0.3) is 0 Å². The highest BCUT2D eigenvalue weighted by molar-refractivity contribution is 7.89. The van der Waals surface area contributed by atoms with Crippen LogP contribution in [0.25, 0.3) is 10.8 Å². The first-order valence-electron chi connectivity index (χ1n) is 7.20. The molecule has 1 aliphatic heterocycles. The minimum atomic E-state index is -3.53. The molecule has 0 unspecified atom stereocenters. The maximum atomic E-state index is 12.9. The van der Waals surface area contributed by atoms with Crippen molar-refractivity contribution in [2.75, 3.05) is 20.3 Å². The minimum Gasteiger partial charge on any atom is -0.383 e. The average Bonchev–Trinajstić information content (AvgIpc) is 2.88. The van der Waals surface area contributed by atoms with Crippen LogP contribution in [-0.2, 0) is 14.8 Å². The van der Waals surface area contributed by atoms with Gasteiger partial charge in [-0.2, -0.15) is 16.9 Å². The van der Waals surface area contributed by atoms with E-state index >= 15 is 0 Å². The average molecular weight is 337 g/mol. The summed E-state index contributed by atoms with van der Waals surface area (Å²) in [6.07, 6.45) is 0.712. The zero-order valence-corrected chi connectivity index (χ0v) is 14.1. The van der Waals surface area contributed by atoms with Crippen molar-refractivity contribution >= 4 is 33.4 Å². The summed E-state index contributed by atoms with van der Waals surface area (Å²) in [6, 6.07) is 12.9. The lowest BCUT2D eigenvalue weighted by atomic mass is 10.1. The van der Waals surface area contributed by atoms with Crippen molar-refractivity contribution in [3.8, 4) is 0 Å². The summed E-state index contributed by atoms with van der Waals surface area (Å²) in [5, 5.41) is 2.01. The Bertz CT molecular complexity index is 776. The van der Waals surface area contributed by atoms with Gasteiger partial charge in [0.1, 0.15) is 0 Å². The van der Waals surface area contributed by atoms with Gasteiger partial charge < -0.3 is 4.74 Å².